The van der Waals surface area contributed by atoms with Gasteiger partial charge >= 0.3 is 0 Å². The van der Waals surface area contributed by atoms with Crippen molar-refractivity contribution in [3.8, 4) is 22.3 Å². The van der Waals surface area contributed by atoms with Crippen LogP contribution in [-0.4, -0.2) is 9.38 Å². The molecule has 0 radical (unpaired) electrons. The molecule has 3 heteroatoms. The van der Waals surface area contributed by atoms with Crippen molar-refractivity contribution < 1.29 is 0 Å². The number of pyridine rings is 1. The van der Waals surface area contributed by atoms with Crippen molar-refractivity contribution in [1.82, 2.24) is 9.38 Å². The van der Waals surface area contributed by atoms with Gasteiger partial charge in [0.2, 0.25) is 0 Å². The molecule has 0 saturated carbocycles. The minimum absolute atomic E-state index is 0.0209. The molecule has 312 valence electrons. The maximum atomic E-state index is 14.4. The van der Waals surface area contributed by atoms with E-state index in [1.807, 2.05) is 24.3 Å². The van der Waals surface area contributed by atoms with Crippen molar-refractivity contribution in [3.63, 3.8) is 0 Å². The lowest BCUT2D eigenvalue weighted by atomic mass is 9.83. The van der Waals surface area contributed by atoms with Crippen LogP contribution in [0.3, 0.4) is 0 Å². The average molecular weight is 869 g/mol. The van der Waals surface area contributed by atoms with Crippen LogP contribution in [0.1, 0.15) is 0 Å². The van der Waals surface area contributed by atoms with E-state index in [1.54, 1.807) is 4.40 Å². The minimum atomic E-state index is -0.0209. The van der Waals surface area contributed by atoms with Crippen molar-refractivity contribution in [2.75, 3.05) is 0 Å². The van der Waals surface area contributed by atoms with Crippen LogP contribution in [0.25, 0.3) is 179 Å². The highest BCUT2D eigenvalue weighted by molar-refractivity contribution is 6.51. The highest BCUT2D eigenvalue weighted by Crippen LogP contribution is 2.58. The molecule has 0 atom stereocenters. The van der Waals surface area contributed by atoms with Crippen LogP contribution < -0.4 is 5.56 Å². The van der Waals surface area contributed by atoms with E-state index in [2.05, 4.69) is 170 Å². The number of nitrogens with zero attached hydrogens (tertiary/aromatic N) is 2. The van der Waals surface area contributed by atoms with Gasteiger partial charge in [0.25, 0.3) is 5.56 Å². The molecule has 0 aliphatic carbocycles. The normalized spacial score (nSPS) is 13.0. The molecule has 0 bridgehead atoms. The van der Waals surface area contributed by atoms with E-state index in [0.29, 0.717) is 0 Å². The second-order valence-corrected chi connectivity index (χ2v) is 19.5. The fraction of sp³-hybridized carbons (Fsp3) is 0. The molecule has 2 aromatic heterocycles. The molecular weight excluding hydrogens is 837 g/mol. The van der Waals surface area contributed by atoms with Crippen molar-refractivity contribution in [1.29, 1.82) is 0 Å². The monoisotopic (exact) mass is 868 g/mol. The summed E-state index contributed by atoms with van der Waals surface area (Å²) in [4.78, 5) is 19.5. The Kier molecular flexibility index (Phi) is 6.02. The van der Waals surface area contributed by atoms with Crippen LogP contribution in [0.2, 0.25) is 0 Å². The molecule has 0 unspecified atom stereocenters. The zero-order chi connectivity index (χ0) is 44.5. The Labute approximate surface area is 390 Å². The summed E-state index contributed by atoms with van der Waals surface area (Å²) in [5.41, 5.74) is 7.46. The van der Waals surface area contributed by atoms with Gasteiger partial charge in [0.05, 0.1) is 11.0 Å². The number of para-hydroxylation sites is 2. The third-order valence-corrected chi connectivity index (χ3v) is 16.5. The highest BCUT2D eigenvalue weighted by atomic mass is 16.1. The average Bonchev–Trinajstić information content (AvgIpc) is 4.08. The SMILES string of the molecule is O=c1c2ccc3c4ccc5c6ccc7c8c(-c9ccccc9)c9c%10cccc%11cccc(c9c(-c9ccccc9)c8c8ccc(c9ccc(c%12ccc(c2c3%12)c2nc3ccccc3n12)c4c59)c6c78)c%11%10. The molecule has 18 aromatic rings. The molecule has 0 amide bonds. The second kappa shape index (κ2) is 11.8. The van der Waals surface area contributed by atoms with Gasteiger partial charge < -0.3 is 0 Å². The molecule has 0 N–H and O–H groups in total. The molecule has 0 aliphatic heterocycles. The zero-order valence-electron chi connectivity index (χ0n) is 36.8. The minimum Gasteiger partial charge on any atom is -0.268 e. The lowest BCUT2D eigenvalue weighted by Crippen LogP contribution is -2.13. The molecular formula is C66H32N2O. The van der Waals surface area contributed by atoms with Crippen molar-refractivity contribution in [2.45, 2.75) is 0 Å². The zero-order valence-corrected chi connectivity index (χ0v) is 36.8. The van der Waals surface area contributed by atoms with Gasteiger partial charge in [-0.15, -0.1) is 0 Å². The summed E-state index contributed by atoms with van der Waals surface area (Å²) in [6.07, 6.45) is 0. The standard InChI is InChI=1S/C66H32N2O/c69-66-49-32-28-43-39-24-22-37-41-26-30-47-59-46(63-53(34-11-3-1-4-12-34)61-44-17-9-15-33-16-10-18-45(52(33)44)62(61)54(64(47)63)35-13-5-2-6-14-35)29-25-40(57(41)59)36-21-23-38(56(39)55(36)37)42-27-31-48(60(49)58(42)43)65-67-50-19-7-8-20-51(50)68(65)66/h1-32H. The summed E-state index contributed by atoms with van der Waals surface area (Å²) in [5, 5.41) is 32.1. The number of imidazole rings is 1. The van der Waals surface area contributed by atoms with Gasteiger partial charge in [-0.2, -0.15) is 0 Å². The third-order valence-electron chi connectivity index (χ3n) is 16.5. The number of hydrogen-bond donors (Lipinski definition) is 0. The first-order chi connectivity index (χ1) is 34.2. The maximum Gasteiger partial charge on any atom is 0.264 e. The van der Waals surface area contributed by atoms with Gasteiger partial charge in [-0.25, -0.2) is 4.98 Å². The fourth-order valence-corrected chi connectivity index (χ4v) is 14.0. The number of hydrogen-bond acceptors (Lipinski definition) is 2. The lowest BCUT2D eigenvalue weighted by Gasteiger charge is -2.20. The first-order valence-corrected chi connectivity index (χ1v) is 23.9. The predicted molar refractivity (Wildman–Crippen MR) is 293 cm³/mol. The highest BCUT2D eigenvalue weighted by Gasteiger charge is 2.29. The van der Waals surface area contributed by atoms with Crippen LogP contribution in [-0.2, 0) is 0 Å². The molecule has 0 aliphatic rings. The van der Waals surface area contributed by atoms with E-state index in [-0.39, 0.29) is 5.56 Å². The van der Waals surface area contributed by atoms with Gasteiger partial charge in [0.15, 0.2) is 0 Å². The van der Waals surface area contributed by atoms with Gasteiger partial charge in [0.1, 0.15) is 5.65 Å². The Balaban J connectivity index is 1.02. The second-order valence-electron chi connectivity index (χ2n) is 19.5. The number of fused-ring (bicyclic) bond motifs is 14. The van der Waals surface area contributed by atoms with E-state index in [1.165, 1.54) is 141 Å². The van der Waals surface area contributed by atoms with Gasteiger partial charge in [-0.3, -0.25) is 9.20 Å². The largest absolute Gasteiger partial charge is 0.268 e. The van der Waals surface area contributed by atoms with Crippen LogP contribution in [0.15, 0.2) is 199 Å². The van der Waals surface area contributed by atoms with Crippen molar-refractivity contribution >= 4 is 157 Å². The van der Waals surface area contributed by atoms with Gasteiger partial charge in [-0.05, 0) is 170 Å². The smallest absolute Gasteiger partial charge is 0.264 e. The van der Waals surface area contributed by atoms with E-state index in [4.69, 9.17) is 4.98 Å². The summed E-state index contributed by atoms with van der Waals surface area (Å²) < 4.78 is 1.80. The van der Waals surface area contributed by atoms with Crippen LogP contribution in [0.4, 0.5) is 0 Å². The Morgan fingerprint density at radius 1 is 0.275 bits per heavy atom. The number of aromatic nitrogens is 2. The summed E-state index contributed by atoms with van der Waals surface area (Å²) in [7, 11) is 0. The molecule has 0 spiro atoms. The van der Waals surface area contributed by atoms with Crippen molar-refractivity contribution in [2.24, 2.45) is 0 Å². The van der Waals surface area contributed by atoms with Crippen LogP contribution >= 0.6 is 0 Å². The first kappa shape index (κ1) is 35.1. The number of benzene rings is 14. The van der Waals surface area contributed by atoms with Crippen molar-refractivity contribution in [3.05, 3.63) is 204 Å². The van der Waals surface area contributed by atoms with Gasteiger partial charge in [-0.1, -0.05) is 170 Å². The quantitative estimate of drug-likeness (QED) is 0.128. The third kappa shape index (κ3) is 3.93. The fourth-order valence-electron chi connectivity index (χ4n) is 14.0. The molecule has 16 aromatic carbocycles. The van der Waals surface area contributed by atoms with E-state index in [0.717, 1.165) is 38.2 Å². The summed E-state index contributed by atoms with van der Waals surface area (Å²) >= 11 is 0. The van der Waals surface area contributed by atoms with Gasteiger partial charge in [0, 0.05) is 16.2 Å². The molecule has 0 fully saturated rings. The summed E-state index contributed by atoms with van der Waals surface area (Å²) in [6.45, 7) is 0. The Bertz CT molecular complexity index is 5140. The number of rotatable bonds is 2. The Morgan fingerprint density at radius 2 is 0.638 bits per heavy atom. The van der Waals surface area contributed by atoms with Crippen LogP contribution in [0, 0.1) is 0 Å². The Morgan fingerprint density at radius 3 is 1.12 bits per heavy atom. The lowest BCUT2D eigenvalue weighted by molar-refractivity contribution is 1.19. The van der Waals surface area contributed by atoms with E-state index in [9.17, 15) is 4.79 Å². The summed E-state index contributed by atoms with van der Waals surface area (Å²) in [6, 6.07) is 71.8. The molecule has 3 nitrogen and oxygen atoms in total. The topological polar surface area (TPSA) is 34.4 Å². The summed E-state index contributed by atoms with van der Waals surface area (Å²) in [5.74, 6) is 0. The Hall–Kier alpha value is -9.18. The molecule has 2 heterocycles. The maximum absolute atomic E-state index is 14.4. The van der Waals surface area contributed by atoms with E-state index < -0.39 is 0 Å². The molecule has 0 saturated heterocycles. The predicted octanol–water partition coefficient (Wildman–Crippen LogP) is 17.4. The van der Waals surface area contributed by atoms with E-state index >= 15 is 0 Å². The van der Waals surface area contributed by atoms with Crippen LogP contribution in [0.5, 0.6) is 0 Å². The molecule has 18 rings (SSSR count). The first-order valence-electron chi connectivity index (χ1n) is 23.9. The molecule has 69 heavy (non-hydrogen) atoms.